The maximum atomic E-state index is 5.80. The molecule has 1 saturated carbocycles. The third-order valence-electron chi connectivity index (χ3n) is 3.98. The maximum absolute atomic E-state index is 5.80. The molecule has 88 valence electrons. The third kappa shape index (κ3) is 2.13. The Morgan fingerprint density at radius 1 is 1.00 bits per heavy atom. The monoisotopic (exact) mass is 229 g/mol. The predicted octanol–water partition coefficient (Wildman–Crippen LogP) is 2.26. The quantitative estimate of drug-likeness (QED) is 0.693. The molecule has 4 heteroatoms. The van der Waals surface area contributed by atoms with Crippen molar-refractivity contribution in [3.63, 3.8) is 0 Å². The summed E-state index contributed by atoms with van der Waals surface area (Å²) in [5.41, 5.74) is 0. The molecule has 0 radical (unpaired) electrons. The van der Waals surface area contributed by atoms with Gasteiger partial charge >= 0.3 is 8.72 Å². The molecular weight excluding hydrogens is 206 g/mol. The molecule has 1 heterocycles. The Morgan fingerprint density at radius 3 is 2.27 bits per heavy atom. The first-order valence-electron chi connectivity index (χ1n) is 6.19. The average Bonchev–Trinajstić information content (AvgIpc) is 2.82. The van der Waals surface area contributed by atoms with Gasteiger partial charge in [0.1, 0.15) is 0 Å². The molecule has 2 rings (SSSR count). The van der Waals surface area contributed by atoms with Crippen molar-refractivity contribution in [3.05, 3.63) is 0 Å². The fourth-order valence-corrected chi connectivity index (χ4v) is 6.48. The summed E-state index contributed by atoms with van der Waals surface area (Å²) in [6, 6.07) is 1.90. The highest BCUT2D eigenvalue weighted by Crippen LogP contribution is 2.34. The summed E-state index contributed by atoms with van der Waals surface area (Å²) >= 11 is 0. The molecule has 3 nitrogen and oxygen atoms in total. The molecule has 0 amide bonds. The van der Waals surface area contributed by atoms with E-state index in [2.05, 4.69) is 4.57 Å². The van der Waals surface area contributed by atoms with Gasteiger partial charge in [-0.2, -0.15) is 0 Å². The van der Waals surface area contributed by atoms with Crippen molar-refractivity contribution in [1.82, 2.24) is 4.57 Å². The summed E-state index contributed by atoms with van der Waals surface area (Å²) in [4.78, 5) is 0. The van der Waals surface area contributed by atoms with Crippen LogP contribution >= 0.6 is 0 Å². The van der Waals surface area contributed by atoms with Crippen LogP contribution in [-0.2, 0) is 8.85 Å². The van der Waals surface area contributed by atoms with Crippen molar-refractivity contribution in [2.24, 2.45) is 0 Å². The van der Waals surface area contributed by atoms with Gasteiger partial charge < -0.3 is 8.85 Å². The van der Waals surface area contributed by atoms with E-state index in [0.717, 1.165) is 12.1 Å². The zero-order valence-corrected chi connectivity index (χ0v) is 11.0. The first-order valence-corrected chi connectivity index (χ1v) is 8.16. The Hall–Kier alpha value is 0.0969. The van der Waals surface area contributed by atoms with E-state index in [4.69, 9.17) is 8.85 Å². The van der Waals surface area contributed by atoms with E-state index in [-0.39, 0.29) is 0 Å². The van der Waals surface area contributed by atoms with Gasteiger partial charge in [-0.15, -0.1) is 0 Å². The SMILES string of the molecule is CO[Si]1(OC)CCCCN1C1CCCC1. The minimum Gasteiger partial charge on any atom is -0.386 e. The number of nitrogens with zero attached hydrogens (tertiary/aromatic N) is 1. The lowest BCUT2D eigenvalue weighted by Gasteiger charge is -2.44. The normalized spacial score (nSPS) is 28.4. The van der Waals surface area contributed by atoms with Gasteiger partial charge in [-0.1, -0.05) is 12.8 Å². The summed E-state index contributed by atoms with van der Waals surface area (Å²) in [7, 11) is 1.68. The van der Waals surface area contributed by atoms with E-state index in [1.807, 2.05) is 14.2 Å². The van der Waals surface area contributed by atoms with Gasteiger partial charge in [-0.05, 0) is 32.2 Å². The van der Waals surface area contributed by atoms with Gasteiger partial charge in [0, 0.05) is 26.3 Å². The average molecular weight is 229 g/mol. The molecule has 0 aromatic heterocycles. The first kappa shape index (κ1) is 11.6. The number of rotatable bonds is 3. The van der Waals surface area contributed by atoms with Crippen molar-refractivity contribution < 1.29 is 8.85 Å². The first-order chi connectivity index (χ1) is 7.32. The van der Waals surface area contributed by atoms with E-state index in [1.54, 1.807) is 0 Å². The minimum absolute atomic E-state index is 0.747. The lowest BCUT2D eigenvalue weighted by Crippen LogP contribution is -2.62. The second-order valence-corrected chi connectivity index (χ2v) is 8.03. The third-order valence-corrected chi connectivity index (χ3v) is 7.71. The predicted molar refractivity (Wildman–Crippen MR) is 62.8 cm³/mol. The molecule has 0 spiro atoms. The minimum atomic E-state index is -1.99. The van der Waals surface area contributed by atoms with E-state index in [0.29, 0.717) is 0 Å². The lowest BCUT2D eigenvalue weighted by molar-refractivity contribution is 0.121. The van der Waals surface area contributed by atoms with Crippen LogP contribution in [0, 0.1) is 0 Å². The van der Waals surface area contributed by atoms with Gasteiger partial charge in [0.15, 0.2) is 0 Å². The molecule has 1 aliphatic carbocycles. The van der Waals surface area contributed by atoms with Crippen molar-refractivity contribution >= 4 is 8.72 Å². The Balaban J connectivity index is 2.10. The van der Waals surface area contributed by atoms with E-state index < -0.39 is 8.72 Å². The summed E-state index contributed by atoms with van der Waals surface area (Å²) in [5, 5.41) is 0. The zero-order valence-electron chi connectivity index (χ0n) is 10.00. The van der Waals surface area contributed by atoms with Crippen LogP contribution in [0.4, 0.5) is 0 Å². The maximum Gasteiger partial charge on any atom is 0.427 e. The van der Waals surface area contributed by atoms with Crippen molar-refractivity contribution in [3.8, 4) is 0 Å². The van der Waals surface area contributed by atoms with Crippen LogP contribution in [0.2, 0.25) is 6.04 Å². The standard InChI is InChI=1S/C11H23NO2Si/c1-13-15(14-2)10-6-5-9-12(15)11-7-3-4-8-11/h11H,3-10H2,1-2H3. The molecule has 15 heavy (non-hydrogen) atoms. The van der Waals surface area contributed by atoms with Crippen LogP contribution in [0.1, 0.15) is 38.5 Å². The Labute approximate surface area is 94.1 Å². The molecule has 0 N–H and O–H groups in total. The van der Waals surface area contributed by atoms with Crippen LogP contribution in [0.5, 0.6) is 0 Å². The molecule has 0 bridgehead atoms. The molecule has 2 aliphatic rings. The molecular formula is C11H23NO2Si. The fourth-order valence-electron chi connectivity index (χ4n) is 3.14. The second kappa shape index (κ2) is 4.95. The molecule has 0 aromatic rings. The topological polar surface area (TPSA) is 21.7 Å². The summed E-state index contributed by atoms with van der Waals surface area (Å²) in [5.74, 6) is 0. The van der Waals surface area contributed by atoms with Crippen molar-refractivity contribution in [2.75, 3.05) is 20.8 Å². The van der Waals surface area contributed by atoms with Crippen LogP contribution in [0.25, 0.3) is 0 Å². The largest absolute Gasteiger partial charge is 0.427 e. The highest BCUT2D eigenvalue weighted by Gasteiger charge is 2.48. The van der Waals surface area contributed by atoms with Crippen molar-refractivity contribution in [2.45, 2.75) is 50.6 Å². The molecule has 0 unspecified atom stereocenters. The summed E-state index contributed by atoms with van der Waals surface area (Å²) in [6.45, 7) is 1.19. The highest BCUT2D eigenvalue weighted by atomic mass is 28.4. The van der Waals surface area contributed by atoms with E-state index >= 15 is 0 Å². The van der Waals surface area contributed by atoms with Crippen molar-refractivity contribution in [1.29, 1.82) is 0 Å². The van der Waals surface area contributed by atoms with E-state index in [1.165, 1.54) is 45.1 Å². The van der Waals surface area contributed by atoms with Crippen LogP contribution in [0.3, 0.4) is 0 Å². The highest BCUT2D eigenvalue weighted by molar-refractivity contribution is 6.64. The fraction of sp³-hybridized carbons (Fsp3) is 1.00. The molecule has 2 fully saturated rings. The number of hydrogen-bond acceptors (Lipinski definition) is 3. The van der Waals surface area contributed by atoms with Crippen LogP contribution in [0.15, 0.2) is 0 Å². The molecule has 0 atom stereocenters. The number of hydrogen-bond donors (Lipinski definition) is 0. The molecule has 0 aromatic carbocycles. The van der Waals surface area contributed by atoms with Gasteiger partial charge in [0.2, 0.25) is 0 Å². The van der Waals surface area contributed by atoms with Crippen LogP contribution < -0.4 is 0 Å². The molecule has 1 saturated heterocycles. The van der Waals surface area contributed by atoms with Gasteiger partial charge in [0.05, 0.1) is 0 Å². The zero-order chi connectivity index (χ0) is 10.7. The van der Waals surface area contributed by atoms with Gasteiger partial charge in [0.25, 0.3) is 0 Å². The smallest absolute Gasteiger partial charge is 0.386 e. The van der Waals surface area contributed by atoms with Gasteiger partial charge in [-0.3, -0.25) is 4.57 Å². The lowest BCUT2D eigenvalue weighted by atomic mass is 10.2. The Morgan fingerprint density at radius 2 is 1.67 bits per heavy atom. The summed E-state index contributed by atoms with van der Waals surface area (Å²) in [6.07, 6.45) is 8.07. The summed E-state index contributed by atoms with van der Waals surface area (Å²) < 4.78 is 14.2. The van der Waals surface area contributed by atoms with Gasteiger partial charge in [-0.25, -0.2) is 0 Å². The Bertz CT molecular complexity index is 203. The Kier molecular flexibility index (Phi) is 3.82. The van der Waals surface area contributed by atoms with E-state index in [9.17, 15) is 0 Å². The van der Waals surface area contributed by atoms with Crippen LogP contribution in [-0.4, -0.2) is 40.1 Å². The second-order valence-electron chi connectivity index (χ2n) is 4.71. The molecule has 1 aliphatic heterocycles.